The van der Waals surface area contributed by atoms with Crippen LogP contribution in [0.2, 0.25) is 0 Å². The summed E-state index contributed by atoms with van der Waals surface area (Å²) in [5.41, 5.74) is 11.3. The molecule has 0 radical (unpaired) electrons. The van der Waals surface area contributed by atoms with Crippen LogP contribution in [0.4, 0.5) is 0 Å². The molecular formula is C48H42N4OPt. The third-order valence-corrected chi connectivity index (χ3v) is 10.5. The van der Waals surface area contributed by atoms with E-state index in [2.05, 4.69) is 148 Å². The Hall–Kier alpha value is -5.25. The maximum absolute atomic E-state index is 6.63. The average Bonchev–Trinajstić information content (AvgIpc) is 3.70. The standard InChI is InChI=1S/C48H42N4O.Pt/c1-29-14-13-15-30(2)43(29)41-28-50-46-37-26-31(19-21-33(37)36-23-24-38(47(3,4)5)44(48(6,7)8)45(36)52(41)46)53-32-20-22-35-34-16-9-10-17-39(34)51(40(35)27-32)42-18-11-12-25-49-42;/h9-25,28H,1-8H3;/q-2;+2. The third kappa shape index (κ3) is 5.64. The zero-order chi connectivity index (χ0) is 36.8. The predicted octanol–water partition coefficient (Wildman–Crippen LogP) is 12.4. The second-order valence-corrected chi connectivity index (χ2v) is 16.3. The number of imidazole rings is 1. The van der Waals surface area contributed by atoms with E-state index in [0.29, 0.717) is 11.5 Å². The van der Waals surface area contributed by atoms with Gasteiger partial charge < -0.3 is 13.7 Å². The van der Waals surface area contributed by atoms with Gasteiger partial charge in [0.2, 0.25) is 0 Å². The van der Waals surface area contributed by atoms with E-state index in [1.54, 1.807) is 0 Å². The smallest absolute Gasteiger partial charge is 0.503 e. The molecule has 0 amide bonds. The largest absolute Gasteiger partial charge is 2.00 e. The fourth-order valence-corrected chi connectivity index (χ4v) is 8.29. The first-order chi connectivity index (χ1) is 25.4. The molecule has 0 spiro atoms. The fraction of sp³-hybridized carbons (Fsp3) is 0.208. The summed E-state index contributed by atoms with van der Waals surface area (Å²) in [4.78, 5) is 9.87. The van der Waals surface area contributed by atoms with Crippen molar-refractivity contribution in [2.45, 2.75) is 66.2 Å². The van der Waals surface area contributed by atoms with E-state index in [9.17, 15) is 0 Å². The molecule has 5 aromatic carbocycles. The van der Waals surface area contributed by atoms with Crippen LogP contribution in [0.1, 0.15) is 63.8 Å². The van der Waals surface area contributed by atoms with Gasteiger partial charge in [-0.2, -0.15) is 6.07 Å². The molecule has 0 aliphatic rings. The molecule has 54 heavy (non-hydrogen) atoms. The maximum atomic E-state index is 6.63. The second kappa shape index (κ2) is 13.0. The summed E-state index contributed by atoms with van der Waals surface area (Å²) in [5.74, 6) is 2.05. The second-order valence-electron chi connectivity index (χ2n) is 16.3. The van der Waals surface area contributed by atoms with E-state index in [4.69, 9.17) is 9.72 Å². The average molecular weight is 886 g/mol. The molecule has 0 N–H and O–H groups in total. The van der Waals surface area contributed by atoms with Gasteiger partial charge in [-0.3, -0.25) is 4.98 Å². The number of hydrogen-bond donors (Lipinski definition) is 0. The van der Waals surface area contributed by atoms with Gasteiger partial charge in [-0.05, 0) is 75.9 Å². The molecule has 5 nitrogen and oxygen atoms in total. The van der Waals surface area contributed by atoms with Crippen molar-refractivity contribution < 1.29 is 25.8 Å². The number of aromatic nitrogens is 4. The summed E-state index contributed by atoms with van der Waals surface area (Å²) in [5, 5.41) is 5.42. The molecular weight excluding hydrogens is 844 g/mol. The van der Waals surface area contributed by atoms with Gasteiger partial charge in [0.25, 0.3) is 0 Å². The van der Waals surface area contributed by atoms with Crippen LogP contribution in [0.25, 0.3) is 66.2 Å². The van der Waals surface area contributed by atoms with Crippen molar-refractivity contribution in [3.05, 3.63) is 144 Å². The SMILES string of the molecule is Cc1cccc(C)c1-c1cnc2c3[c-]c(Oc4[c-]c5c(cc4)c4ccccc4n5-c4ccccn4)ccc3c3ccc(C(C)(C)C)c(C(C)(C)C)c3n12.[Pt+2]. The maximum Gasteiger partial charge on any atom is 2.00 e. The Bertz CT molecular complexity index is 2890. The van der Waals surface area contributed by atoms with E-state index in [1.165, 1.54) is 38.7 Å². The third-order valence-electron chi connectivity index (χ3n) is 10.5. The zero-order valence-electron chi connectivity index (χ0n) is 31.9. The van der Waals surface area contributed by atoms with Crippen LogP contribution in [-0.2, 0) is 31.9 Å². The van der Waals surface area contributed by atoms with Gasteiger partial charge >= 0.3 is 21.1 Å². The molecule has 0 aliphatic carbocycles. The van der Waals surface area contributed by atoms with Gasteiger partial charge in [0.15, 0.2) is 0 Å². The van der Waals surface area contributed by atoms with Gasteiger partial charge in [-0.25, -0.2) is 4.98 Å². The van der Waals surface area contributed by atoms with Crippen molar-refractivity contribution in [3.8, 4) is 28.6 Å². The van der Waals surface area contributed by atoms with Crippen LogP contribution in [0.5, 0.6) is 11.5 Å². The van der Waals surface area contributed by atoms with Crippen LogP contribution < -0.4 is 4.74 Å². The molecule has 6 heteroatoms. The van der Waals surface area contributed by atoms with E-state index in [0.717, 1.165) is 49.7 Å². The predicted molar refractivity (Wildman–Crippen MR) is 219 cm³/mol. The number of rotatable bonds is 4. The van der Waals surface area contributed by atoms with Crippen molar-refractivity contribution in [3.63, 3.8) is 0 Å². The number of para-hydroxylation sites is 1. The minimum absolute atomic E-state index is 0. The number of pyridine rings is 2. The van der Waals surface area contributed by atoms with E-state index >= 15 is 0 Å². The normalized spacial score (nSPS) is 12.3. The molecule has 270 valence electrons. The van der Waals surface area contributed by atoms with Crippen molar-refractivity contribution in [2.75, 3.05) is 0 Å². The van der Waals surface area contributed by atoms with Crippen LogP contribution >= 0.6 is 0 Å². The van der Waals surface area contributed by atoms with Crippen molar-refractivity contribution >= 4 is 49.1 Å². The molecule has 9 aromatic rings. The topological polar surface area (TPSA) is 44.3 Å². The fourth-order valence-electron chi connectivity index (χ4n) is 8.29. The molecule has 0 bridgehead atoms. The van der Waals surface area contributed by atoms with E-state index in [1.807, 2.05) is 42.7 Å². The quantitative estimate of drug-likeness (QED) is 0.131. The Balaban J connectivity index is 0.00000413. The Morgan fingerprint density at radius 2 is 1.31 bits per heavy atom. The van der Waals surface area contributed by atoms with Crippen molar-refractivity contribution in [1.82, 2.24) is 18.9 Å². The molecule has 0 fully saturated rings. The summed E-state index contributed by atoms with van der Waals surface area (Å²) < 4.78 is 11.2. The number of ether oxygens (including phenoxy) is 1. The zero-order valence-corrected chi connectivity index (χ0v) is 34.2. The van der Waals surface area contributed by atoms with Gasteiger partial charge in [0.05, 0.1) is 11.3 Å². The van der Waals surface area contributed by atoms with Gasteiger partial charge in [-0.1, -0.05) is 118 Å². The summed E-state index contributed by atoms with van der Waals surface area (Å²) in [7, 11) is 0. The Kier molecular flexibility index (Phi) is 8.58. The Labute approximate surface area is 330 Å². The summed E-state index contributed by atoms with van der Waals surface area (Å²) in [6, 6.07) is 41.1. The first-order valence-corrected chi connectivity index (χ1v) is 18.3. The van der Waals surface area contributed by atoms with E-state index in [-0.39, 0.29) is 31.9 Å². The van der Waals surface area contributed by atoms with Crippen LogP contribution in [0, 0.1) is 26.0 Å². The van der Waals surface area contributed by atoms with E-state index < -0.39 is 0 Å². The monoisotopic (exact) mass is 885 g/mol. The molecule has 0 atom stereocenters. The minimum Gasteiger partial charge on any atom is -0.503 e. The summed E-state index contributed by atoms with van der Waals surface area (Å²) in [6.07, 6.45) is 3.86. The molecule has 9 rings (SSSR count). The number of fused-ring (bicyclic) bond motifs is 9. The number of benzene rings is 5. The van der Waals surface area contributed by atoms with Crippen molar-refractivity contribution in [2.24, 2.45) is 0 Å². The van der Waals surface area contributed by atoms with Crippen molar-refractivity contribution in [1.29, 1.82) is 0 Å². The summed E-state index contributed by atoms with van der Waals surface area (Å²) >= 11 is 0. The molecule has 4 aromatic heterocycles. The first-order valence-electron chi connectivity index (χ1n) is 18.3. The number of aryl methyl sites for hydroxylation is 2. The van der Waals surface area contributed by atoms with Gasteiger partial charge in [-0.15, -0.1) is 29.7 Å². The minimum atomic E-state index is -0.135. The Morgan fingerprint density at radius 3 is 2.02 bits per heavy atom. The summed E-state index contributed by atoms with van der Waals surface area (Å²) in [6.45, 7) is 18.3. The van der Waals surface area contributed by atoms with Crippen LogP contribution in [0.3, 0.4) is 0 Å². The first kappa shape index (κ1) is 35.8. The molecule has 0 aliphatic heterocycles. The van der Waals surface area contributed by atoms with Crippen LogP contribution in [-0.4, -0.2) is 18.9 Å². The van der Waals surface area contributed by atoms with Crippen LogP contribution in [0.15, 0.2) is 109 Å². The number of hydrogen-bond acceptors (Lipinski definition) is 3. The molecule has 0 saturated carbocycles. The molecule has 4 heterocycles. The van der Waals surface area contributed by atoms with Gasteiger partial charge in [0, 0.05) is 40.5 Å². The molecule has 0 unspecified atom stereocenters. The number of nitrogens with zero attached hydrogens (tertiary/aromatic N) is 4. The van der Waals surface area contributed by atoms with Gasteiger partial charge in [0.1, 0.15) is 5.82 Å². The Morgan fingerprint density at radius 1 is 0.630 bits per heavy atom. The molecule has 0 saturated heterocycles.